The van der Waals surface area contributed by atoms with Gasteiger partial charge >= 0.3 is 51.4 Å². The first-order valence-electron chi connectivity index (χ1n) is 4.57. The smallest absolute Gasteiger partial charge is 0.549 e. The molecule has 0 aliphatic carbocycles. The van der Waals surface area contributed by atoms with Gasteiger partial charge in [-0.2, -0.15) is 0 Å². The molecule has 0 atom stereocenters. The zero-order valence-electron chi connectivity index (χ0n) is 8.97. The van der Waals surface area contributed by atoms with Gasteiger partial charge in [0, 0.05) is 10.6 Å². The molecule has 0 N–H and O–H groups in total. The fraction of sp³-hybridized carbons (Fsp3) is 0.0833. The maximum atomic E-state index is 10.3. The third-order valence-corrected chi connectivity index (χ3v) is 3.04. The van der Waals surface area contributed by atoms with Crippen LogP contribution >= 0.6 is 11.8 Å². The molecule has 0 unspecified atom stereocenters. The zero-order chi connectivity index (χ0) is 10.7. The number of carbonyl (C=O) groups excluding carboxylic acids is 1. The predicted molar refractivity (Wildman–Crippen MR) is 59.7 cm³/mol. The Morgan fingerprint density at radius 2 is 1.81 bits per heavy atom. The van der Waals surface area contributed by atoms with Crippen molar-refractivity contribution < 1.29 is 61.3 Å². The minimum absolute atomic E-state index is 0. The van der Waals surface area contributed by atoms with E-state index in [-0.39, 0.29) is 57.1 Å². The molecule has 16 heavy (non-hydrogen) atoms. The molecule has 2 aromatic carbocycles. The van der Waals surface area contributed by atoms with E-state index in [1.165, 1.54) is 11.8 Å². The average molecular weight is 256 g/mol. The molecule has 0 heterocycles. The molecule has 0 aromatic heterocycles. The van der Waals surface area contributed by atoms with E-state index < -0.39 is 5.97 Å². The van der Waals surface area contributed by atoms with Crippen LogP contribution in [0, 0.1) is 0 Å². The van der Waals surface area contributed by atoms with E-state index in [0.717, 1.165) is 15.7 Å². The Hall–Kier alpha value is 0.156. The molecule has 0 aliphatic heterocycles. The Balaban J connectivity index is 0.00000128. The van der Waals surface area contributed by atoms with Crippen LogP contribution in [0.2, 0.25) is 0 Å². The van der Waals surface area contributed by atoms with Crippen molar-refractivity contribution in [3.05, 3.63) is 42.5 Å². The first-order valence-corrected chi connectivity index (χ1v) is 5.56. The summed E-state index contributed by atoms with van der Waals surface area (Å²) < 4.78 is 0. The van der Waals surface area contributed by atoms with E-state index >= 15 is 0 Å². The van der Waals surface area contributed by atoms with E-state index in [2.05, 4.69) is 0 Å². The molecule has 2 rings (SSSR count). The van der Waals surface area contributed by atoms with Crippen molar-refractivity contribution in [3.8, 4) is 0 Å². The normalized spacial score (nSPS) is 9.75. The maximum absolute atomic E-state index is 10.3. The fourth-order valence-corrected chi connectivity index (χ4v) is 2.06. The molecule has 0 saturated carbocycles. The van der Waals surface area contributed by atoms with Crippen molar-refractivity contribution in [2.24, 2.45) is 0 Å². The third-order valence-electron chi connectivity index (χ3n) is 2.08. The van der Waals surface area contributed by atoms with Gasteiger partial charge in [0.1, 0.15) is 0 Å². The van der Waals surface area contributed by atoms with E-state index in [9.17, 15) is 9.90 Å². The number of thioether (sulfide) groups is 1. The minimum atomic E-state index is -1.03. The number of carboxylic acid groups (broad SMARTS) is 1. The van der Waals surface area contributed by atoms with Gasteiger partial charge < -0.3 is 9.90 Å². The first-order chi connectivity index (χ1) is 7.25. The molecular weight excluding hydrogens is 247 g/mol. The molecule has 0 aliphatic rings. The summed E-state index contributed by atoms with van der Waals surface area (Å²) in [4.78, 5) is 11.3. The van der Waals surface area contributed by atoms with Gasteiger partial charge in [-0.3, -0.25) is 0 Å². The Labute approximate surface area is 141 Å². The second-order valence-electron chi connectivity index (χ2n) is 3.17. The number of hydrogen-bond donors (Lipinski definition) is 0. The number of fused-ring (bicyclic) bond motifs is 1. The van der Waals surface area contributed by atoms with Crippen molar-refractivity contribution in [2.45, 2.75) is 4.90 Å². The second kappa shape index (κ2) is 6.79. The van der Waals surface area contributed by atoms with E-state index in [1.54, 1.807) is 0 Å². The van der Waals surface area contributed by atoms with Gasteiger partial charge in [-0.15, -0.1) is 11.8 Å². The van der Waals surface area contributed by atoms with Gasteiger partial charge in [0.05, 0.1) is 5.97 Å². The SMILES string of the molecule is O=C([O-])CSc1ccc2ccccc2c1.[K+]. The van der Waals surface area contributed by atoms with Gasteiger partial charge in [0.15, 0.2) is 0 Å². The van der Waals surface area contributed by atoms with Crippen LogP contribution in [0.5, 0.6) is 0 Å². The van der Waals surface area contributed by atoms with Gasteiger partial charge in [-0.1, -0.05) is 30.3 Å². The Kier molecular flexibility index (Phi) is 6.03. The van der Waals surface area contributed by atoms with Gasteiger partial charge in [0.25, 0.3) is 0 Å². The molecule has 2 nitrogen and oxygen atoms in total. The van der Waals surface area contributed by atoms with Gasteiger partial charge in [0.2, 0.25) is 0 Å². The molecule has 0 bridgehead atoms. The fourth-order valence-electron chi connectivity index (χ4n) is 1.40. The van der Waals surface area contributed by atoms with E-state index in [1.807, 2.05) is 42.5 Å². The summed E-state index contributed by atoms with van der Waals surface area (Å²) in [7, 11) is 0. The standard InChI is InChI=1S/C12H10O2S.K/c13-12(14)8-15-11-6-5-9-3-1-2-4-10(9)7-11;/h1-7H,8H2,(H,13,14);/q;+1/p-1. The largest absolute Gasteiger partial charge is 1.00 e. The first kappa shape index (κ1) is 14.2. The van der Waals surface area contributed by atoms with Crippen LogP contribution < -0.4 is 56.5 Å². The summed E-state index contributed by atoms with van der Waals surface area (Å²) >= 11 is 1.28. The molecule has 0 radical (unpaired) electrons. The van der Waals surface area contributed by atoms with Crippen LogP contribution in [0.25, 0.3) is 10.8 Å². The molecule has 2 aromatic rings. The number of hydrogen-bond acceptors (Lipinski definition) is 3. The number of benzene rings is 2. The summed E-state index contributed by atoms with van der Waals surface area (Å²) in [5.41, 5.74) is 0. The number of aliphatic carboxylic acids is 1. The summed E-state index contributed by atoms with van der Waals surface area (Å²) in [6.45, 7) is 0. The van der Waals surface area contributed by atoms with Gasteiger partial charge in [-0.05, 0) is 22.9 Å². The van der Waals surface area contributed by atoms with E-state index in [0.29, 0.717) is 0 Å². The van der Waals surface area contributed by atoms with Crippen LogP contribution in [0.15, 0.2) is 47.4 Å². The van der Waals surface area contributed by atoms with Crippen molar-refractivity contribution in [3.63, 3.8) is 0 Å². The average Bonchev–Trinajstić information content (AvgIpc) is 2.26. The molecule has 4 heteroatoms. The van der Waals surface area contributed by atoms with Crippen LogP contribution in [0.1, 0.15) is 0 Å². The molecule has 0 saturated heterocycles. The third kappa shape index (κ3) is 3.87. The molecule has 0 amide bonds. The van der Waals surface area contributed by atoms with Gasteiger partial charge in [-0.25, -0.2) is 0 Å². The van der Waals surface area contributed by atoms with Crippen LogP contribution in [0.4, 0.5) is 0 Å². The number of rotatable bonds is 3. The van der Waals surface area contributed by atoms with Crippen LogP contribution in [-0.4, -0.2) is 11.7 Å². The molecule has 76 valence electrons. The Morgan fingerprint density at radius 3 is 2.50 bits per heavy atom. The van der Waals surface area contributed by atoms with Crippen molar-refractivity contribution in [2.75, 3.05) is 5.75 Å². The minimum Gasteiger partial charge on any atom is -0.549 e. The van der Waals surface area contributed by atoms with Crippen molar-refractivity contribution >= 4 is 28.5 Å². The maximum Gasteiger partial charge on any atom is 1.00 e. The van der Waals surface area contributed by atoms with Crippen molar-refractivity contribution in [1.29, 1.82) is 0 Å². The van der Waals surface area contributed by atoms with E-state index in [4.69, 9.17) is 0 Å². The molecule has 0 spiro atoms. The topological polar surface area (TPSA) is 40.1 Å². The summed E-state index contributed by atoms with van der Waals surface area (Å²) in [5.74, 6) is -1.04. The number of carbonyl (C=O) groups is 1. The van der Waals surface area contributed by atoms with Crippen LogP contribution in [-0.2, 0) is 4.79 Å². The summed E-state index contributed by atoms with van der Waals surface area (Å²) in [5, 5.41) is 12.6. The van der Waals surface area contributed by atoms with Crippen LogP contribution in [0.3, 0.4) is 0 Å². The quantitative estimate of drug-likeness (QED) is 0.505. The predicted octanol–water partition coefficient (Wildman–Crippen LogP) is -1.31. The Bertz CT molecular complexity index is 499. The monoisotopic (exact) mass is 256 g/mol. The zero-order valence-corrected chi connectivity index (χ0v) is 12.9. The summed E-state index contributed by atoms with van der Waals surface area (Å²) in [6, 6.07) is 13.9. The van der Waals surface area contributed by atoms with Crippen molar-refractivity contribution in [1.82, 2.24) is 0 Å². The second-order valence-corrected chi connectivity index (χ2v) is 4.22. The Morgan fingerprint density at radius 1 is 1.12 bits per heavy atom. The summed E-state index contributed by atoms with van der Waals surface area (Å²) in [6.07, 6.45) is 0. The molecular formula is C12H9KO2S. The molecule has 0 fully saturated rings. The number of carboxylic acids is 1.